The third-order valence-electron chi connectivity index (χ3n) is 4.23. The molecule has 1 aliphatic rings. The Bertz CT molecular complexity index is 1170. The van der Waals surface area contributed by atoms with E-state index in [0.29, 0.717) is 32.5 Å². The van der Waals surface area contributed by atoms with E-state index in [1.165, 1.54) is 13.2 Å². The maximum atomic E-state index is 12.4. The van der Waals surface area contributed by atoms with Gasteiger partial charge in [-0.1, -0.05) is 23.7 Å². The van der Waals surface area contributed by atoms with Crippen molar-refractivity contribution in [2.45, 2.75) is 0 Å². The number of thioether (sulfide) groups is 1. The van der Waals surface area contributed by atoms with Crippen molar-refractivity contribution >= 4 is 74.0 Å². The molecule has 1 aliphatic heterocycles. The number of nitrogens with two attached hydrogens (primary N) is 1. The van der Waals surface area contributed by atoms with Crippen LogP contribution in [0.2, 0.25) is 5.02 Å². The van der Waals surface area contributed by atoms with Gasteiger partial charge in [-0.25, -0.2) is 0 Å². The highest BCUT2D eigenvalue weighted by molar-refractivity contribution is 9.10. The van der Waals surface area contributed by atoms with Crippen molar-refractivity contribution in [1.29, 1.82) is 0 Å². The van der Waals surface area contributed by atoms with Gasteiger partial charge < -0.3 is 20.5 Å². The number of amides is 4. The second-order valence-corrected chi connectivity index (χ2v) is 8.84. The van der Waals surface area contributed by atoms with E-state index in [4.69, 9.17) is 26.8 Å². The lowest BCUT2D eigenvalue weighted by molar-refractivity contribution is -0.127. The Hall–Kier alpha value is -3.02. The van der Waals surface area contributed by atoms with Crippen LogP contribution in [0.5, 0.6) is 11.5 Å². The Morgan fingerprint density at radius 2 is 2.00 bits per heavy atom. The van der Waals surface area contributed by atoms with Crippen molar-refractivity contribution in [2.75, 3.05) is 25.6 Å². The van der Waals surface area contributed by atoms with E-state index >= 15 is 0 Å². The number of hydrogen-bond acceptors (Lipinski definition) is 7. The highest BCUT2D eigenvalue weighted by Crippen LogP contribution is 2.39. The van der Waals surface area contributed by atoms with E-state index < -0.39 is 29.5 Å². The smallest absolute Gasteiger partial charge is 0.294 e. The molecule has 1 heterocycles. The third-order valence-corrected chi connectivity index (χ3v) is 6.06. The number of nitrogens with one attached hydrogen (secondary N) is 1. The summed E-state index contributed by atoms with van der Waals surface area (Å²) in [5, 5.41) is 2.47. The Kier molecular flexibility index (Phi) is 8.01. The van der Waals surface area contributed by atoms with E-state index in [2.05, 4.69) is 21.2 Å². The minimum Gasteiger partial charge on any atom is -0.493 e. The summed E-state index contributed by atoms with van der Waals surface area (Å²) >= 11 is 10.1. The number of halogens is 2. The number of imide groups is 1. The second-order valence-electron chi connectivity index (χ2n) is 6.58. The minimum atomic E-state index is -0.789. The highest BCUT2D eigenvalue weighted by Gasteiger charge is 2.35. The lowest BCUT2D eigenvalue weighted by atomic mass is 10.2. The van der Waals surface area contributed by atoms with Crippen LogP contribution in [0.25, 0.3) is 6.08 Å². The summed E-state index contributed by atoms with van der Waals surface area (Å²) < 4.78 is 11.4. The van der Waals surface area contributed by atoms with E-state index in [-0.39, 0.29) is 23.0 Å². The average molecular weight is 555 g/mol. The molecule has 0 spiro atoms. The van der Waals surface area contributed by atoms with Crippen LogP contribution in [-0.4, -0.2) is 48.1 Å². The predicted molar refractivity (Wildman–Crippen MR) is 128 cm³/mol. The van der Waals surface area contributed by atoms with Crippen molar-refractivity contribution in [1.82, 2.24) is 4.90 Å². The average Bonchev–Trinajstić information content (AvgIpc) is 3.01. The van der Waals surface area contributed by atoms with Crippen molar-refractivity contribution in [3.8, 4) is 11.5 Å². The molecule has 2 aromatic carbocycles. The van der Waals surface area contributed by atoms with Crippen LogP contribution >= 0.6 is 39.3 Å². The Balaban J connectivity index is 1.75. The molecule has 0 aromatic heterocycles. The molecular formula is C21H17BrClN3O6S. The van der Waals surface area contributed by atoms with Crippen LogP contribution in [0.15, 0.2) is 45.8 Å². The summed E-state index contributed by atoms with van der Waals surface area (Å²) in [5.74, 6) is -1.27. The molecule has 0 saturated carbocycles. The molecule has 12 heteroatoms. The van der Waals surface area contributed by atoms with Crippen LogP contribution in [0.1, 0.15) is 5.56 Å². The molecule has 4 amide bonds. The van der Waals surface area contributed by atoms with Crippen LogP contribution in [0, 0.1) is 0 Å². The number of ether oxygens (including phenoxy) is 2. The first-order valence-corrected chi connectivity index (χ1v) is 11.3. The molecule has 1 saturated heterocycles. The van der Waals surface area contributed by atoms with Crippen LogP contribution < -0.4 is 20.5 Å². The van der Waals surface area contributed by atoms with Crippen molar-refractivity contribution < 1.29 is 28.7 Å². The summed E-state index contributed by atoms with van der Waals surface area (Å²) in [4.78, 5) is 48.6. The SMILES string of the molecule is COc1cc(/C=C2\SC(=O)N(CC(N)=O)C2=O)cc(Br)c1OCC(=O)Nc1ccccc1Cl. The zero-order valence-corrected chi connectivity index (χ0v) is 20.3. The van der Waals surface area contributed by atoms with Gasteiger partial charge in [0.25, 0.3) is 17.1 Å². The topological polar surface area (TPSA) is 128 Å². The maximum absolute atomic E-state index is 12.4. The van der Waals surface area contributed by atoms with Gasteiger partial charge in [-0.05, 0) is 63.6 Å². The fraction of sp³-hybridized carbons (Fsp3) is 0.143. The predicted octanol–water partition coefficient (Wildman–Crippen LogP) is 3.65. The molecule has 9 nitrogen and oxygen atoms in total. The zero-order chi connectivity index (χ0) is 24.1. The highest BCUT2D eigenvalue weighted by atomic mass is 79.9. The number of primary amides is 1. The van der Waals surface area contributed by atoms with Gasteiger partial charge in [-0.3, -0.25) is 24.1 Å². The van der Waals surface area contributed by atoms with E-state index in [1.54, 1.807) is 36.4 Å². The fourth-order valence-electron chi connectivity index (χ4n) is 2.79. The lowest BCUT2D eigenvalue weighted by Crippen LogP contribution is -2.36. The van der Waals surface area contributed by atoms with Gasteiger partial charge in [0.2, 0.25) is 5.91 Å². The first kappa shape index (κ1) is 24.6. The van der Waals surface area contributed by atoms with Gasteiger partial charge >= 0.3 is 0 Å². The molecule has 1 fully saturated rings. The van der Waals surface area contributed by atoms with E-state index in [1.807, 2.05) is 0 Å². The van der Waals surface area contributed by atoms with Crippen LogP contribution in [0.4, 0.5) is 10.5 Å². The normalized spacial score (nSPS) is 14.5. The number of nitrogens with zero attached hydrogens (tertiary/aromatic N) is 1. The van der Waals surface area contributed by atoms with Crippen LogP contribution in [0.3, 0.4) is 0 Å². The first-order valence-electron chi connectivity index (χ1n) is 9.28. The van der Waals surface area contributed by atoms with Gasteiger partial charge in [-0.15, -0.1) is 0 Å². The number of benzene rings is 2. The third kappa shape index (κ3) is 6.06. The molecule has 3 N–H and O–H groups in total. The monoisotopic (exact) mass is 553 g/mol. The van der Waals surface area contributed by atoms with E-state index in [9.17, 15) is 19.2 Å². The molecule has 0 aliphatic carbocycles. The minimum absolute atomic E-state index is 0.128. The fourth-order valence-corrected chi connectivity index (χ4v) is 4.39. The summed E-state index contributed by atoms with van der Waals surface area (Å²) in [7, 11) is 1.42. The quantitative estimate of drug-likeness (QED) is 0.477. The standard InChI is InChI=1S/C21H17BrClN3O6S/c1-31-15-7-11(8-16-20(29)26(9-17(24)27)21(30)33-16)6-12(22)19(15)32-10-18(28)25-14-5-3-2-4-13(14)23/h2-8H,9-10H2,1H3,(H2,24,27)(H,25,28)/b16-8-. The molecule has 3 rings (SSSR count). The molecule has 172 valence electrons. The maximum Gasteiger partial charge on any atom is 0.294 e. The molecular weight excluding hydrogens is 538 g/mol. The number of carbonyl (C=O) groups excluding carboxylic acids is 4. The summed E-state index contributed by atoms with van der Waals surface area (Å²) in [6, 6.07) is 10.0. The Morgan fingerprint density at radius 3 is 2.67 bits per heavy atom. The number of rotatable bonds is 8. The molecule has 0 unspecified atom stereocenters. The number of carbonyl (C=O) groups is 4. The van der Waals surface area contributed by atoms with Gasteiger partial charge in [0.15, 0.2) is 18.1 Å². The molecule has 2 aromatic rings. The number of para-hydroxylation sites is 1. The number of methoxy groups -OCH3 is 1. The number of hydrogen-bond donors (Lipinski definition) is 2. The van der Waals surface area contributed by atoms with Crippen molar-refractivity contribution in [2.24, 2.45) is 5.73 Å². The van der Waals surface area contributed by atoms with Gasteiger partial charge in [0.05, 0.1) is 27.2 Å². The van der Waals surface area contributed by atoms with E-state index in [0.717, 1.165) is 4.90 Å². The summed E-state index contributed by atoms with van der Waals surface area (Å²) in [5.41, 5.74) is 6.07. The van der Waals surface area contributed by atoms with Crippen molar-refractivity contribution in [3.05, 3.63) is 56.4 Å². The molecule has 0 atom stereocenters. The Morgan fingerprint density at radius 1 is 1.27 bits per heavy atom. The first-order chi connectivity index (χ1) is 15.7. The summed E-state index contributed by atoms with van der Waals surface area (Å²) in [6.07, 6.45) is 1.48. The molecule has 0 radical (unpaired) electrons. The molecule has 0 bridgehead atoms. The van der Waals surface area contributed by atoms with Gasteiger partial charge in [0, 0.05) is 0 Å². The second kappa shape index (κ2) is 10.7. The zero-order valence-electron chi connectivity index (χ0n) is 17.1. The van der Waals surface area contributed by atoms with Crippen molar-refractivity contribution in [3.63, 3.8) is 0 Å². The van der Waals surface area contributed by atoms with Crippen LogP contribution in [-0.2, 0) is 14.4 Å². The Labute approximate surface area is 206 Å². The van der Waals surface area contributed by atoms with Gasteiger partial charge in [0.1, 0.15) is 6.54 Å². The lowest BCUT2D eigenvalue weighted by Gasteiger charge is -2.14. The van der Waals surface area contributed by atoms with Gasteiger partial charge in [-0.2, -0.15) is 0 Å². The molecule has 33 heavy (non-hydrogen) atoms. The largest absolute Gasteiger partial charge is 0.493 e. The number of anilines is 1. The summed E-state index contributed by atoms with van der Waals surface area (Å²) in [6.45, 7) is -0.802.